The lowest BCUT2D eigenvalue weighted by molar-refractivity contribution is -0.424. The fourth-order valence-corrected chi connectivity index (χ4v) is 19.2. The van der Waals surface area contributed by atoms with Crippen LogP contribution in [0.3, 0.4) is 0 Å². The molecule has 2 aromatic rings. The third-order valence-electron chi connectivity index (χ3n) is 15.6. The Morgan fingerprint density at radius 2 is 1.85 bits per heavy atom. The van der Waals surface area contributed by atoms with Gasteiger partial charge in [-0.25, -0.2) is 0 Å². The number of aliphatic hydroxyl groups excluding tert-OH is 4. The number of fused-ring (bicyclic) bond motifs is 15. The third-order valence-corrected chi connectivity index (χ3v) is 21.6. The van der Waals surface area contributed by atoms with E-state index in [0.717, 1.165) is 43.6 Å². The van der Waals surface area contributed by atoms with Gasteiger partial charge in [-0.2, -0.15) is 0 Å². The number of aryl methyl sites for hydroxylation is 1. The summed E-state index contributed by atoms with van der Waals surface area (Å²) in [4.78, 5) is 12.9. The largest absolute Gasteiger partial charge is 0.485 e. The number of allylic oxidation sites excluding steroid dienone is 1. The highest BCUT2D eigenvalue weighted by Gasteiger charge is 2.78. The van der Waals surface area contributed by atoms with Crippen molar-refractivity contribution < 1.29 is 58.8 Å². The highest BCUT2D eigenvalue weighted by atomic mass is 33.1. The summed E-state index contributed by atoms with van der Waals surface area (Å²) in [5, 5.41) is 79.5. The zero-order valence-corrected chi connectivity index (χ0v) is 38.8. The van der Waals surface area contributed by atoms with Gasteiger partial charge in [0.25, 0.3) is 0 Å². The summed E-state index contributed by atoms with van der Waals surface area (Å²) < 4.78 is 32.2. The minimum absolute atomic E-state index is 0.00134. The van der Waals surface area contributed by atoms with Crippen LogP contribution in [0.1, 0.15) is 77.2 Å². The highest BCUT2D eigenvalue weighted by Crippen LogP contribution is 2.63. The molecule has 344 valence electrons. The molecule has 62 heavy (non-hydrogen) atoms. The molecule has 5 fully saturated rings. The van der Waals surface area contributed by atoms with E-state index in [4.69, 9.17) is 23.4 Å². The van der Waals surface area contributed by atoms with Crippen molar-refractivity contribution in [3.05, 3.63) is 36.1 Å². The predicted octanol–water partition coefficient (Wildman–Crippen LogP) is 5.25. The monoisotopic (exact) mass is 937 g/mol. The van der Waals surface area contributed by atoms with E-state index in [1.54, 1.807) is 53.0 Å². The zero-order chi connectivity index (χ0) is 43.4. The number of aliphatic hydroxyl groups is 6. The van der Waals surface area contributed by atoms with Crippen molar-refractivity contribution in [2.24, 2.45) is 35.5 Å². The average molecular weight is 938 g/mol. The van der Waals surface area contributed by atoms with Crippen molar-refractivity contribution in [1.29, 1.82) is 0 Å². The van der Waals surface area contributed by atoms with Crippen LogP contribution in [0, 0.1) is 35.5 Å². The third kappa shape index (κ3) is 7.84. The molecule has 13 nitrogen and oxygen atoms in total. The summed E-state index contributed by atoms with van der Waals surface area (Å²) in [6, 6.07) is 3.75. The van der Waals surface area contributed by atoms with Crippen LogP contribution in [-0.4, -0.2) is 132 Å². The highest BCUT2D eigenvalue weighted by molar-refractivity contribution is 8.77. The SMILES string of the molecule is CCOC(=O)CCc1cc2ccoc2c2c1O[C@@H]1O[C@@]3(CSS[C@]45CC[C@H](CSSC[C@H](CC[C@H]3O)[C@@H](C)CC[C@H]4NCCO2)C5)[C@]2(O)C[C@@H]3C=C[C@H](O)[C@@H](CO)[C@H]3[C@@]1(O)[C@H]2O. The molecule has 0 amide bonds. The summed E-state index contributed by atoms with van der Waals surface area (Å²) in [6.07, 6.45) is 4.66. The number of esters is 1. The van der Waals surface area contributed by atoms with Crippen LogP contribution < -0.4 is 14.8 Å². The van der Waals surface area contributed by atoms with Gasteiger partial charge < -0.3 is 59.3 Å². The standard InChI is InChI=1S/C45H63NO12S4/c1-3-54-35(50)11-7-27-18-28-13-16-55-37(28)39-38(27)57-41-45(53)36-29(5-8-32(48)31(36)21-47)20-43(52,40(45)51)44(58-41)24-61-62-42-14-12-26(19-42)22-59-60-23-30(6-10-34(44)49)25(2)4-9-33(42)46-15-17-56-39/h5,8,13,16,18,25-26,29-34,36,40-41,46-49,51-53H,3-4,6-7,9-12,14-15,17,19-24H2,1-2H3/t25-,26-,29-,30-,31+,32-,33+,34+,36-,40-,41+,42-,43-,44+,45+/m0/s1. The first-order chi connectivity index (χ1) is 29.9. The van der Waals surface area contributed by atoms with E-state index in [1.165, 1.54) is 0 Å². The lowest BCUT2D eigenvalue weighted by Crippen LogP contribution is -2.86. The van der Waals surface area contributed by atoms with Crippen molar-refractivity contribution in [3.63, 3.8) is 0 Å². The first-order valence-electron chi connectivity index (χ1n) is 22.6. The van der Waals surface area contributed by atoms with Crippen LogP contribution in [-0.2, 0) is 20.7 Å². The van der Waals surface area contributed by atoms with Gasteiger partial charge in [-0.15, -0.1) is 0 Å². The number of benzene rings is 1. The molecule has 8 bridgehead atoms. The Bertz CT molecular complexity index is 1960. The Labute approximate surface area is 379 Å². The van der Waals surface area contributed by atoms with Gasteiger partial charge in [0, 0.05) is 64.8 Å². The van der Waals surface area contributed by atoms with Gasteiger partial charge in [0.05, 0.1) is 25.1 Å². The van der Waals surface area contributed by atoms with E-state index in [-0.39, 0.29) is 72.9 Å². The fraction of sp³-hybridized carbons (Fsp3) is 0.756. The smallest absolute Gasteiger partial charge is 0.306 e. The molecule has 5 heterocycles. The molecule has 15 atom stereocenters. The fourth-order valence-electron chi connectivity index (χ4n) is 12.1. The van der Waals surface area contributed by atoms with Crippen LogP contribution in [0.25, 0.3) is 11.0 Å². The number of ether oxygens (including phenoxy) is 4. The van der Waals surface area contributed by atoms with Crippen molar-refractivity contribution in [1.82, 2.24) is 5.32 Å². The summed E-state index contributed by atoms with van der Waals surface area (Å²) in [5.74, 6) is 0.443. The predicted molar refractivity (Wildman–Crippen MR) is 242 cm³/mol. The normalized spacial score (nSPS) is 43.5. The van der Waals surface area contributed by atoms with Gasteiger partial charge in [0.1, 0.15) is 23.9 Å². The Balaban J connectivity index is 1.26. The van der Waals surface area contributed by atoms with E-state index < -0.39 is 71.7 Å². The molecule has 7 aliphatic rings. The summed E-state index contributed by atoms with van der Waals surface area (Å²) in [7, 11) is 7.23. The number of hydrogen-bond donors (Lipinski definition) is 7. The maximum atomic E-state index is 13.4. The molecule has 0 unspecified atom stereocenters. The molecular formula is C45H63NO12S4. The molecule has 1 aromatic heterocycles. The van der Waals surface area contributed by atoms with Crippen LogP contribution >= 0.6 is 43.2 Å². The second kappa shape index (κ2) is 18.4. The Morgan fingerprint density at radius 1 is 1.02 bits per heavy atom. The van der Waals surface area contributed by atoms with E-state index in [9.17, 15) is 35.4 Å². The average Bonchev–Trinajstić information content (AvgIpc) is 3.90. The second-order valence-corrected chi connectivity index (χ2v) is 24.2. The van der Waals surface area contributed by atoms with Gasteiger partial charge in [-0.1, -0.05) is 62.3 Å². The number of furan rings is 1. The van der Waals surface area contributed by atoms with E-state index in [1.807, 2.05) is 27.7 Å². The van der Waals surface area contributed by atoms with Crippen LogP contribution in [0.5, 0.6) is 11.5 Å². The van der Waals surface area contributed by atoms with Gasteiger partial charge in [0.2, 0.25) is 12.0 Å². The number of hydrogen-bond acceptors (Lipinski definition) is 17. The first-order valence-corrected chi connectivity index (χ1v) is 27.4. The minimum Gasteiger partial charge on any atom is -0.485 e. The van der Waals surface area contributed by atoms with E-state index >= 15 is 0 Å². The topological polar surface area (TPSA) is 201 Å². The number of carbonyl (C=O) groups is 1. The van der Waals surface area contributed by atoms with Crippen molar-refractivity contribution >= 4 is 60.1 Å². The van der Waals surface area contributed by atoms with Crippen LogP contribution in [0.2, 0.25) is 0 Å². The summed E-state index contributed by atoms with van der Waals surface area (Å²) in [6.45, 7) is 4.48. The molecule has 17 heteroatoms. The number of rotatable bonds is 5. The molecule has 2 spiro atoms. The van der Waals surface area contributed by atoms with Crippen molar-refractivity contribution in [3.8, 4) is 11.5 Å². The number of carbonyl (C=O) groups excluding carboxylic acids is 1. The summed E-state index contributed by atoms with van der Waals surface area (Å²) >= 11 is 0. The number of nitrogens with one attached hydrogen (secondary N) is 1. The lowest BCUT2D eigenvalue weighted by atomic mass is 9.50. The molecular weight excluding hydrogens is 875 g/mol. The van der Waals surface area contributed by atoms with Gasteiger partial charge in [-0.05, 0) is 106 Å². The first kappa shape index (κ1) is 45.8. The Hall–Kier alpha value is -1.35. The maximum absolute atomic E-state index is 13.4. The van der Waals surface area contributed by atoms with E-state index in [2.05, 4.69) is 12.2 Å². The summed E-state index contributed by atoms with van der Waals surface area (Å²) in [5.41, 5.74) is -5.64. The minimum atomic E-state index is -2.45. The van der Waals surface area contributed by atoms with Crippen LogP contribution in [0.4, 0.5) is 0 Å². The Kier molecular flexibility index (Phi) is 13.6. The molecule has 4 aliphatic heterocycles. The Morgan fingerprint density at radius 3 is 2.68 bits per heavy atom. The zero-order valence-electron chi connectivity index (χ0n) is 35.5. The lowest BCUT2D eigenvalue weighted by Gasteiger charge is -2.67. The van der Waals surface area contributed by atoms with E-state index in [0.29, 0.717) is 41.3 Å². The van der Waals surface area contributed by atoms with Gasteiger partial charge in [-0.3, -0.25) is 4.79 Å². The molecule has 0 radical (unpaired) electrons. The van der Waals surface area contributed by atoms with Gasteiger partial charge >= 0.3 is 5.97 Å². The van der Waals surface area contributed by atoms with Crippen molar-refractivity contribution in [2.75, 3.05) is 43.6 Å². The van der Waals surface area contributed by atoms with Crippen molar-refractivity contribution in [2.45, 2.75) is 130 Å². The quantitative estimate of drug-likeness (QED) is 0.116. The van der Waals surface area contributed by atoms with Gasteiger partial charge in [0.15, 0.2) is 16.9 Å². The molecule has 3 saturated heterocycles. The van der Waals surface area contributed by atoms with Crippen LogP contribution in [0.15, 0.2) is 35.0 Å². The maximum Gasteiger partial charge on any atom is 0.306 e. The molecule has 7 N–H and O–H groups in total. The second-order valence-electron chi connectivity index (χ2n) is 19.0. The molecule has 1 aromatic carbocycles. The molecule has 2 saturated carbocycles. The molecule has 3 aliphatic carbocycles. The molecule has 9 rings (SSSR count).